The first-order valence-electron chi connectivity index (χ1n) is 9.02. The lowest BCUT2D eigenvalue weighted by molar-refractivity contribution is 0.307. The van der Waals surface area contributed by atoms with Gasteiger partial charge in [-0.3, -0.25) is 0 Å². The third-order valence-corrected chi connectivity index (χ3v) is 5.43. The summed E-state index contributed by atoms with van der Waals surface area (Å²) in [5.74, 6) is 0.798. The lowest BCUT2D eigenvalue weighted by atomic mass is 9.77. The number of hydrogen-bond acceptors (Lipinski definition) is 0. The highest BCUT2D eigenvalue weighted by Crippen LogP contribution is 2.38. The Hall–Kier alpha value is -0.920. The second-order valence-corrected chi connectivity index (χ2v) is 7.19. The molecule has 0 radical (unpaired) electrons. The molecule has 1 aliphatic carbocycles. The Kier molecular flexibility index (Phi) is 6.40. The Morgan fingerprint density at radius 2 is 1.64 bits per heavy atom. The molecule has 1 unspecified atom stereocenters. The fourth-order valence-electron chi connectivity index (χ4n) is 3.74. The first-order chi connectivity index (χ1) is 10.5. The van der Waals surface area contributed by atoms with E-state index in [1.807, 2.05) is 6.92 Å². The summed E-state index contributed by atoms with van der Waals surface area (Å²) in [6.07, 6.45) is 8.54. The van der Waals surface area contributed by atoms with Crippen LogP contribution in [0.15, 0.2) is 12.1 Å². The summed E-state index contributed by atoms with van der Waals surface area (Å²) in [4.78, 5) is 0. The third-order valence-electron chi connectivity index (χ3n) is 5.43. The summed E-state index contributed by atoms with van der Waals surface area (Å²) in [7, 11) is 0. The number of benzene rings is 1. The smallest absolute Gasteiger partial charge is 0.129 e. The van der Waals surface area contributed by atoms with Crippen molar-refractivity contribution >= 4 is 0 Å². The predicted octanol–water partition coefficient (Wildman–Crippen LogP) is 6.63. The molecule has 0 nitrogen and oxygen atoms in total. The van der Waals surface area contributed by atoms with Crippen LogP contribution >= 0.6 is 0 Å². The first kappa shape index (κ1) is 17.4. The van der Waals surface area contributed by atoms with E-state index in [9.17, 15) is 8.78 Å². The average molecular weight is 308 g/mol. The van der Waals surface area contributed by atoms with Gasteiger partial charge in [-0.1, -0.05) is 40.0 Å². The van der Waals surface area contributed by atoms with Crippen LogP contribution < -0.4 is 0 Å². The minimum atomic E-state index is -0.342. The van der Waals surface area contributed by atoms with Crippen LogP contribution in [-0.4, -0.2) is 0 Å². The Balaban J connectivity index is 2.07. The molecule has 2 rings (SSSR count). The zero-order valence-corrected chi connectivity index (χ0v) is 14.3. The van der Waals surface area contributed by atoms with Crippen LogP contribution in [0.1, 0.15) is 82.8 Å². The molecule has 1 fully saturated rings. The largest absolute Gasteiger partial charge is 0.207 e. The summed E-state index contributed by atoms with van der Waals surface area (Å²) in [5.41, 5.74) is 1.15. The molecule has 0 bridgehead atoms. The minimum absolute atomic E-state index is 0.276. The molecular weight excluding hydrogens is 278 g/mol. The van der Waals surface area contributed by atoms with Crippen LogP contribution in [0.5, 0.6) is 0 Å². The van der Waals surface area contributed by atoms with Gasteiger partial charge in [0.2, 0.25) is 0 Å². The number of hydrogen-bond donors (Lipinski definition) is 0. The van der Waals surface area contributed by atoms with E-state index < -0.39 is 0 Å². The summed E-state index contributed by atoms with van der Waals surface area (Å²) < 4.78 is 28.6. The molecule has 1 atom stereocenters. The van der Waals surface area contributed by atoms with Crippen LogP contribution in [0.4, 0.5) is 8.78 Å². The molecule has 0 N–H and O–H groups in total. The maximum Gasteiger partial charge on any atom is 0.129 e. The van der Waals surface area contributed by atoms with Gasteiger partial charge in [0.1, 0.15) is 11.6 Å². The van der Waals surface area contributed by atoms with E-state index in [1.54, 1.807) is 12.1 Å². The van der Waals surface area contributed by atoms with Crippen LogP contribution in [-0.2, 0) is 6.42 Å². The molecule has 0 spiro atoms. The van der Waals surface area contributed by atoms with E-state index in [2.05, 4.69) is 13.8 Å². The third kappa shape index (κ3) is 4.30. The molecular formula is C20H30F2. The zero-order chi connectivity index (χ0) is 16.1. The monoisotopic (exact) mass is 308 g/mol. The molecule has 2 heteroatoms. The van der Waals surface area contributed by atoms with Gasteiger partial charge in [-0.15, -0.1) is 0 Å². The maximum absolute atomic E-state index is 14.3. The SMILES string of the molecule is CCCC1CCC(c2cc(F)c(CC(C)CC)c(F)c2)CC1. The summed E-state index contributed by atoms with van der Waals surface area (Å²) in [6, 6.07) is 3.21. The highest BCUT2D eigenvalue weighted by atomic mass is 19.1. The molecule has 22 heavy (non-hydrogen) atoms. The Labute approximate surface area is 134 Å². The molecule has 124 valence electrons. The van der Waals surface area contributed by atoms with E-state index in [0.717, 1.165) is 30.7 Å². The molecule has 0 saturated heterocycles. The zero-order valence-electron chi connectivity index (χ0n) is 14.3. The topological polar surface area (TPSA) is 0 Å². The van der Waals surface area contributed by atoms with Gasteiger partial charge in [0, 0.05) is 5.56 Å². The molecule has 1 aromatic carbocycles. The summed E-state index contributed by atoms with van der Waals surface area (Å²) in [5, 5.41) is 0. The molecule has 1 saturated carbocycles. The fraction of sp³-hybridized carbons (Fsp3) is 0.700. The van der Waals surface area contributed by atoms with Crippen LogP contribution in [0.2, 0.25) is 0 Å². The maximum atomic E-state index is 14.3. The fourth-order valence-corrected chi connectivity index (χ4v) is 3.74. The second kappa shape index (κ2) is 8.08. The van der Waals surface area contributed by atoms with Crippen LogP contribution in [0.3, 0.4) is 0 Å². The van der Waals surface area contributed by atoms with Gasteiger partial charge >= 0.3 is 0 Å². The van der Waals surface area contributed by atoms with Gasteiger partial charge in [0.25, 0.3) is 0 Å². The number of rotatable bonds is 6. The van der Waals surface area contributed by atoms with Crippen molar-refractivity contribution in [2.24, 2.45) is 11.8 Å². The van der Waals surface area contributed by atoms with Crippen molar-refractivity contribution in [1.82, 2.24) is 0 Å². The van der Waals surface area contributed by atoms with E-state index >= 15 is 0 Å². The second-order valence-electron chi connectivity index (χ2n) is 7.19. The van der Waals surface area contributed by atoms with Crippen molar-refractivity contribution in [2.45, 2.75) is 78.1 Å². The molecule has 0 amide bonds. The Morgan fingerprint density at radius 3 is 2.14 bits per heavy atom. The lowest BCUT2D eigenvalue weighted by Crippen LogP contribution is -2.14. The van der Waals surface area contributed by atoms with E-state index in [4.69, 9.17) is 0 Å². The normalized spacial score (nSPS) is 23.5. The van der Waals surface area contributed by atoms with Crippen molar-refractivity contribution in [3.63, 3.8) is 0 Å². The van der Waals surface area contributed by atoms with Gasteiger partial charge in [0.15, 0.2) is 0 Å². The lowest BCUT2D eigenvalue weighted by Gasteiger charge is -2.29. The average Bonchev–Trinajstić information content (AvgIpc) is 2.51. The highest BCUT2D eigenvalue weighted by molar-refractivity contribution is 5.29. The van der Waals surface area contributed by atoms with Gasteiger partial charge in [-0.2, -0.15) is 0 Å². The number of halogens is 2. The quantitative estimate of drug-likeness (QED) is 0.553. The summed E-state index contributed by atoms with van der Waals surface area (Å²) in [6.45, 7) is 6.33. The molecule has 1 aromatic rings. The van der Waals surface area contributed by atoms with Crippen molar-refractivity contribution < 1.29 is 8.78 Å². The standard InChI is InChI=1S/C20H30F2/c1-4-6-15-7-9-16(10-8-15)17-12-19(21)18(20(22)13-17)11-14(3)5-2/h12-16H,4-11H2,1-3H3. The van der Waals surface area contributed by atoms with Gasteiger partial charge in [-0.25, -0.2) is 8.78 Å². The van der Waals surface area contributed by atoms with Gasteiger partial charge in [-0.05, 0) is 67.6 Å². The Morgan fingerprint density at radius 1 is 1.05 bits per heavy atom. The van der Waals surface area contributed by atoms with Crippen molar-refractivity contribution in [3.8, 4) is 0 Å². The van der Waals surface area contributed by atoms with Crippen LogP contribution in [0, 0.1) is 23.5 Å². The first-order valence-corrected chi connectivity index (χ1v) is 9.02. The highest BCUT2D eigenvalue weighted by Gasteiger charge is 2.24. The Bertz CT molecular complexity index is 450. The van der Waals surface area contributed by atoms with Crippen molar-refractivity contribution in [2.75, 3.05) is 0 Å². The van der Waals surface area contributed by atoms with E-state index in [1.165, 1.54) is 25.7 Å². The minimum Gasteiger partial charge on any atom is -0.207 e. The summed E-state index contributed by atoms with van der Waals surface area (Å²) >= 11 is 0. The van der Waals surface area contributed by atoms with E-state index in [0.29, 0.717) is 18.3 Å². The molecule has 0 aliphatic heterocycles. The van der Waals surface area contributed by atoms with Gasteiger partial charge < -0.3 is 0 Å². The van der Waals surface area contributed by atoms with Crippen molar-refractivity contribution in [1.29, 1.82) is 0 Å². The van der Waals surface area contributed by atoms with Crippen molar-refractivity contribution in [3.05, 3.63) is 34.9 Å². The molecule has 0 aromatic heterocycles. The van der Waals surface area contributed by atoms with Gasteiger partial charge in [0.05, 0.1) is 0 Å². The molecule has 0 heterocycles. The predicted molar refractivity (Wildman–Crippen MR) is 89.1 cm³/mol. The van der Waals surface area contributed by atoms with E-state index in [-0.39, 0.29) is 17.2 Å². The molecule has 1 aliphatic rings. The van der Waals surface area contributed by atoms with Crippen LogP contribution in [0.25, 0.3) is 0 Å².